The van der Waals surface area contributed by atoms with Crippen molar-refractivity contribution in [1.29, 1.82) is 0 Å². The number of imidazole rings is 1. The van der Waals surface area contributed by atoms with E-state index in [1.165, 1.54) is 6.07 Å². The second-order valence-electron chi connectivity index (χ2n) is 7.80. The predicted molar refractivity (Wildman–Crippen MR) is 95.2 cm³/mol. The van der Waals surface area contributed by atoms with Crippen LogP contribution in [0.5, 0.6) is 0 Å². The Balaban J connectivity index is 2.13. The molecule has 0 saturated carbocycles. The van der Waals surface area contributed by atoms with Crippen LogP contribution in [0, 0.1) is 5.82 Å². The Kier molecular flexibility index (Phi) is 4.04. The smallest absolute Gasteiger partial charge is 0.399 e. The van der Waals surface area contributed by atoms with Crippen LogP contribution in [0.4, 0.5) is 4.39 Å². The van der Waals surface area contributed by atoms with Gasteiger partial charge in [-0.1, -0.05) is 6.92 Å². The van der Waals surface area contributed by atoms with Crippen LogP contribution in [-0.2, 0) is 15.7 Å². The van der Waals surface area contributed by atoms with Gasteiger partial charge in [-0.05, 0) is 59.1 Å². The number of nitrogens with zero attached hydrogens (tertiary/aromatic N) is 2. The van der Waals surface area contributed by atoms with E-state index in [1.807, 2.05) is 40.7 Å². The molecular formula is C18H26BFN2O2. The summed E-state index contributed by atoms with van der Waals surface area (Å²) in [5.74, 6) is 0.566. The lowest BCUT2D eigenvalue weighted by molar-refractivity contribution is 0.00578. The molecule has 0 bridgehead atoms. The molecule has 1 aliphatic heterocycles. The van der Waals surface area contributed by atoms with Gasteiger partial charge in [0.25, 0.3) is 0 Å². The molecule has 24 heavy (non-hydrogen) atoms. The van der Waals surface area contributed by atoms with Crippen molar-refractivity contribution in [3.8, 4) is 0 Å². The average Bonchev–Trinajstić information content (AvgIpc) is 2.94. The number of aryl methyl sites for hydroxylation is 1. The zero-order valence-corrected chi connectivity index (χ0v) is 15.6. The summed E-state index contributed by atoms with van der Waals surface area (Å²) >= 11 is 0. The second-order valence-corrected chi connectivity index (χ2v) is 7.80. The molecule has 0 unspecified atom stereocenters. The van der Waals surface area contributed by atoms with E-state index in [1.54, 1.807) is 0 Å². The van der Waals surface area contributed by atoms with Gasteiger partial charge in [0, 0.05) is 12.5 Å². The van der Waals surface area contributed by atoms with E-state index in [0.717, 1.165) is 17.8 Å². The highest BCUT2D eigenvalue weighted by atomic mass is 19.1. The van der Waals surface area contributed by atoms with Gasteiger partial charge in [0.1, 0.15) is 11.3 Å². The maximum Gasteiger partial charge on any atom is 0.495 e. The van der Waals surface area contributed by atoms with Crippen molar-refractivity contribution in [2.45, 2.75) is 72.1 Å². The Labute approximate surface area is 143 Å². The third-order valence-electron chi connectivity index (χ3n) is 5.20. The first kappa shape index (κ1) is 17.4. The summed E-state index contributed by atoms with van der Waals surface area (Å²) in [7, 11) is -0.575. The van der Waals surface area contributed by atoms with E-state index in [4.69, 9.17) is 9.31 Å². The highest BCUT2D eigenvalue weighted by Gasteiger charge is 2.51. The minimum atomic E-state index is -0.575. The normalized spacial score (nSPS) is 19.6. The monoisotopic (exact) mass is 332 g/mol. The highest BCUT2D eigenvalue weighted by Crippen LogP contribution is 2.36. The molecule has 3 rings (SSSR count). The zero-order valence-electron chi connectivity index (χ0n) is 15.6. The molecule has 0 spiro atoms. The summed E-state index contributed by atoms with van der Waals surface area (Å²) in [6, 6.07) is 3.65. The van der Waals surface area contributed by atoms with Crippen LogP contribution in [-0.4, -0.2) is 27.9 Å². The molecule has 0 aliphatic carbocycles. The third-order valence-corrected chi connectivity index (χ3v) is 5.20. The summed E-state index contributed by atoms with van der Waals surface area (Å²) in [6.07, 6.45) is 0.762. The second kappa shape index (κ2) is 5.56. The molecule has 0 atom stereocenters. The first-order valence-electron chi connectivity index (χ1n) is 8.63. The lowest BCUT2D eigenvalue weighted by Crippen LogP contribution is -2.41. The number of aromatic nitrogens is 2. The van der Waals surface area contributed by atoms with Gasteiger partial charge in [0.15, 0.2) is 5.82 Å². The largest absolute Gasteiger partial charge is 0.495 e. The van der Waals surface area contributed by atoms with E-state index >= 15 is 0 Å². The molecule has 0 amide bonds. The van der Waals surface area contributed by atoms with Crippen LogP contribution in [0.3, 0.4) is 0 Å². The molecule has 1 fully saturated rings. The van der Waals surface area contributed by atoms with Crippen molar-refractivity contribution < 1.29 is 13.7 Å². The molecule has 0 N–H and O–H groups in total. The number of rotatable bonds is 3. The first-order chi connectivity index (χ1) is 11.1. The van der Waals surface area contributed by atoms with Crippen molar-refractivity contribution in [2.75, 3.05) is 0 Å². The fourth-order valence-corrected chi connectivity index (χ4v) is 3.16. The molecule has 4 nitrogen and oxygen atoms in total. The first-order valence-corrected chi connectivity index (χ1v) is 8.63. The maximum absolute atomic E-state index is 14.7. The van der Waals surface area contributed by atoms with Crippen LogP contribution in [0.15, 0.2) is 12.1 Å². The van der Waals surface area contributed by atoms with Crippen LogP contribution in [0.1, 0.15) is 60.3 Å². The van der Waals surface area contributed by atoms with Crippen molar-refractivity contribution in [1.82, 2.24) is 9.55 Å². The summed E-state index contributed by atoms with van der Waals surface area (Å²) in [4.78, 5) is 4.48. The molecule has 1 saturated heterocycles. The summed E-state index contributed by atoms with van der Waals surface area (Å²) < 4.78 is 28.9. The van der Waals surface area contributed by atoms with Gasteiger partial charge >= 0.3 is 7.12 Å². The van der Waals surface area contributed by atoms with Gasteiger partial charge in [0.2, 0.25) is 0 Å². The van der Waals surface area contributed by atoms with E-state index in [9.17, 15) is 4.39 Å². The predicted octanol–water partition coefficient (Wildman–Crippen LogP) is 3.62. The average molecular weight is 332 g/mol. The number of fused-ring (bicyclic) bond motifs is 1. The number of halogens is 1. The van der Waals surface area contributed by atoms with Gasteiger partial charge < -0.3 is 13.9 Å². The Morgan fingerprint density at radius 2 is 1.75 bits per heavy atom. The van der Waals surface area contributed by atoms with Gasteiger partial charge in [-0.15, -0.1) is 0 Å². The van der Waals surface area contributed by atoms with E-state index in [0.29, 0.717) is 11.0 Å². The van der Waals surface area contributed by atoms with Crippen molar-refractivity contribution >= 4 is 23.6 Å². The fraction of sp³-hybridized carbons (Fsp3) is 0.611. The van der Waals surface area contributed by atoms with E-state index < -0.39 is 18.3 Å². The Morgan fingerprint density at radius 1 is 1.17 bits per heavy atom. The Morgan fingerprint density at radius 3 is 2.25 bits per heavy atom. The van der Waals surface area contributed by atoms with Gasteiger partial charge in [-0.25, -0.2) is 9.37 Å². The van der Waals surface area contributed by atoms with Crippen molar-refractivity contribution in [2.24, 2.45) is 0 Å². The van der Waals surface area contributed by atoms with Gasteiger partial charge in [-0.3, -0.25) is 0 Å². The van der Waals surface area contributed by atoms with Crippen molar-refractivity contribution in [3.05, 3.63) is 23.8 Å². The van der Waals surface area contributed by atoms with Gasteiger partial charge in [-0.2, -0.15) is 0 Å². The zero-order chi connectivity index (χ0) is 17.9. The van der Waals surface area contributed by atoms with Gasteiger partial charge in [0.05, 0.1) is 16.7 Å². The van der Waals surface area contributed by atoms with Crippen LogP contribution < -0.4 is 5.46 Å². The number of benzene rings is 1. The molecular weight excluding hydrogens is 306 g/mol. The molecule has 6 heteroatoms. The molecule has 0 radical (unpaired) electrons. The van der Waals surface area contributed by atoms with E-state index in [2.05, 4.69) is 23.4 Å². The summed E-state index contributed by atoms with van der Waals surface area (Å²) in [6.45, 7) is 14.2. The molecule has 1 aromatic carbocycles. The minimum Gasteiger partial charge on any atom is -0.399 e. The standard InChI is InChI=1S/C18H26BFN2O2/c1-8-15-21-16-13(20)9-12(10-14(16)22(15)11(2)3)19-23-17(4,5)18(6,7)24-19/h9-11H,8H2,1-7H3. The number of hydrogen-bond donors (Lipinski definition) is 0. The topological polar surface area (TPSA) is 36.3 Å². The van der Waals surface area contributed by atoms with Crippen molar-refractivity contribution in [3.63, 3.8) is 0 Å². The quantitative estimate of drug-likeness (QED) is 0.806. The maximum atomic E-state index is 14.7. The third kappa shape index (κ3) is 2.56. The molecule has 2 aromatic rings. The Bertz CT molecular complexity index is 767. The lowest BCUT2D eigenvalue weighted by atomic mass is 9.79. The van der Waals surface area contributed by atoms with Crippen LogP contribution in [0.2, 0.25) is 0 Å². The Hall–Kier alpha value is -1.40. The molecule has 1 aromatic heterocycles. The lowest BCUT2D eigenvalue weighted by Gasteiger charge is -2.32. The molecule has 130 valence electrons. The van der Waals surface area contributed by atoms with Crippen LogP contribution >= 0.6 is 0 Å². The summed E-state index contributed by atoms with van der Waals surface area (Å²) in [5.41, 5.74) is 1.02. The molecule has 2 heterocycles. The fourth-order valence-electron chi connectivity index (χ4n) is 3.16. The molecule has 1 aliphatic rings. The van der Waals surface area contributed by atoms with E-state index in [-0.39, 0.29) is 11.9 Å². The number of hydrogen-bond acceptors (Lipinski definition) is 3. The van der Waals surface area contributed by atoms with Crippen LogP contribution in [0.25, 0.3) is 11.0 Å². The minimum absolute atomic E-state index is 0.206. The summed E-state index contributed by atoms with van der Waals surface area (Å²) in [5, 5.41) is 0. The highest BCUT2D eigenvalue weighted by molar-refractivity contribution is 6.62. The SMILES string of the molecule is CCc1nc2c(F)cc(B3OC(C)(C)C(C)(C)O3)cc2n1C(C)C.